The highest BCUT2D eigenvalue weighted by atomic mass is 32.2. The highest BCUT2D eigenvalue weighted by Crippen LogP contribution is 2.44. The second kappa shape index (κ2) is 12.9. The minimum atomic E-state index is -4.60. The van der Waals surface area contributed by atoms with Crippen LogP contribution in [0.15, 0.2) is 16.4 Å². The third-order valence-corrected chi connectivity index (χ3v) is 8.56. The van der Waals surface area contributed by atoms with E-state index in [0.29, 0.717) is 12.1 Å². The fourth-order valence-electron chi connectivity index (χ4n) is 3.64. The molecule has 2 aliphatic heterocycles. The van der Waals surface area contributed by atoms with E-state index in [1.165, 1.54) is 11.8 Å². The van der Waals surface area contributed by atoms with Gasteiger partial charge in [0.2, 0.25) is 17.0 Å². The number of carboxylic acid groups (broad SMARTS) is 1. The van der Waals surface area contributed by atoms with Gasteiger partial charge in [0.15, 0.2) is 0 Å². The third kappa shape index (κ3) is 7.76. The predicted molar refractivity (Wildman–Crippen MR) is 129 cm³/mol. The monoisotopic (exact) mass is 583 g/mol. The Morgan fingerprint density at radius 2 is 2.08 bits per heavy atom. The van der Waals surface area contributed by atoms with E-state index >= 15 is 0 Å². The van der Waals surface area contributed by atoms with Crippen molar-refractivity contribution in [1.82, 2.24) is 36.2 Å². The second-order valence-electron chi connectivity index (χ2n) is 7.91. The number of alkyl halides is 3. The SMILES string of the molecule is CCCCNC(=O)CCC(Sc1nn[nH]n1)C1=C(C(=O)O)N2C(=O)C(NC(=O)CSC(F)(F)F)[C@@H]2SC1. The summed E-state index contributed by atoms with van der Waals surface area (Å²) in [5, 5.41) is 27.4. The van der Waals surface area contributed by atoms with Gasteiger partial charge in [-0.1, -0.05) is 25.1 Å². The molecule has 1 fully saturated rings. The number of β-lactam (4-membered cyclic amide) rings is 1. The number of unbranched alkanes of at least 4 members (excludes halogenated alkanes) is 1. The number of carboxylic acids is 1. The third-order valence-electron chi connectivity index (χ3n) is 5.33. The minimum Gasteiger partial charge on any atom is -0.477 e. The van der Waals surface area contributed by atoms with Crippen LogP contribution in [-0.2, 0) is 19.2 Å². The number of aliphatic carboxylic acids is 1. The maximum Gasteiger partial charge on any atom is 0.442 e. The number of aromatic amines is 1. The van der Waals surface area contributed by atoms with Crippen LogP contribution in [0.25, 0.3) is 0 Å². The van der Waals surface area contributed by atoms with Crippen molar-refractivity contribution in [3.05, 3.63) is 11.3 Å². The van der Waals surface area contributed by atoms with Gasteiger partial charge in [-0.05, 0) is 35.4 Å². The molecule has 37 heavy (non-hydrogen) atoms. The Morgan fingerprint density at radius 3 is 2.70 bits per heavy atom. The van der Waals surface area contributed by atoms with Crippen molar-refractivity contribution in [2.45, 2.75) is 59.9 Å². The van der Waals surface area contributed by atoms with E-state index in [9.17, 15) is 37.5 Å². The molecule has 204 valence electrons. The van der Waals surface area contributed by atoms with E-state index in [0.717, 1.165) is 29.5 Å². The van der Waals surface area contributed by atoms with E-state index in [1.807, 2.05) is 6.92 Å². The summed E-state index contributed by atoms with van der Waals surface area (Å²) in [5.41, 5.74) is -4.51. The zero-order valence-electron chi connectivity index (χ0n) is 19.4. The van der Waals surface area contributed by atoms with Gasteiger partial charge in [0.05, 0.1) is 5.75 Å². The standard InChI is InChI=1S/C19H24F3N7O5S3/c1-2-3-6-23-11(30)5-4-10(37-18-25-27-28-26-18)9-7-35-16-13(15(32)29(16)14(9)17(33)34)24-12(31)8-36-19(20,21)22/h10,13,16H,2-8H2,1H3,(H,23,30)(H,24,31)(H,33,34)(H,25,26,27,28)/t10?,13?,16-/m0/s1. The van der Waals surface area contributed by atoms with Crippen LogP contribution in [0.1, 0.15) is 32.6 Å². The number of halogens is 3. The Bertz CT molecular complexity index is 1040. The summed E-state index contributed by atoms with van der Waals surface area (Å²) >= 11 is 1.74. The molecule has 18 heteroatoms. The van der Waals surface area contributed by atoms with E-state index < -0.39 is 57.5 Å². The van der Waals surface area contributed by atoms with E-state index in [4.69, 9.17) is 0 Å². The largest absolute Gasteiger partial charge is 0.477 e. The summed E-state index contributed by atoms with van der Waals surface area (Å²) in [6, 6.07) is -1.14. The number of thioether (sulfide) groups is 3. The normalized spacial score (nSPS) is 20.2. The Balaban J connectivity index is 1.76. The molecule has 1 saturated heterocycles. The Hall–Kier alpha value is -2.47. The van der Waals surface area contributed by atoms with E-state index in [-0.39, 0.29) is 35.4 Å². The van der Waals surface area contributed by atoms with E-state index in [1.54, 1.807) is 0 Å². The molecular formula is C19H24F3N7O5S3. The number of carbonyl (C=O) groups excluding carboxylic acids is 3. The molecule has 3 heterocycles. The van der Waals surface area contributed by atoms with Gasteiger partial charge in [0.1, 0.15) is 17.1 Å². The first-order valence-electron chi connectivity index (χ1n) is 11.1. The molecule has 0 aliphatic carbocycles. The van der Waals surface area contributed by atoms with Crippen LogP contribution < -0.4 is 10.6 Å². The average molecular weight is 584 g/mol. The fourth-order valence-corrected chi connectivity index (χ4v) is 6.56. The average Bonchev–Trinajstić information content (AvgIpc) is 3.35. The topological polar surface area (TPSA) is 170 Å². The van der Waals surface area contributed by atoms with Gasteiger partial charge in [-0.25, -0.2) is 4.79 Å². The maximum absolute atomic E-state index is 12.8. The Labute approximate surface area is 221 Å². The van der Waals surface area contributed by atoms with Crippen molar-refractivity contribution in [3.8, 4) is 0 Å². The van der Waals surface area contributed by atoms with Crippen LogP contribution in [0.2, 0.25) is 0 Å². The van der Waals surface area contributed by atoms with Gasteiger partial charge in [0.25, 0.3) is 5.91 Å². The number of rotatable bonds is 13. The molecule has 0 spiro atoms. The van der Waals surface area contributed by atoms with Gasteiger partial charge in [-0.2, -0.15) is 18.4 Å². The van der Waals surface area contributed by atoms with Crippen molar-refractivity contribution < 1.29 is 37.5 Å². The number of nitrogens with one attached hydrogen (secondary N) is 3. The number of amides is 3. The lowest BCUT2D eigenvalue weighted by atomic mass is 9.99. The first-order chi connectivity index (χ1) is 17.5. The van der Waals surface area contributed by atoms with Crippen molar-refractivity contribution in [1.29, 1.82) is 0 Å². The van der Waals surface area contributed by atoms with Crippen LogP contribution in [0.3, 0.4) is 0 Å². The lowest BCUT2D eigenvalue weighted by molar-refractivity contribution is -0.150. The van der Waals surface area contributed by atoms with Crippen molar-refractivity contribution in [2.24, 2.45) is 0 Å². The maximum atomic E-state index is 12.8. The van der Waals surface area contributed by atoms with E-state index in [2.05, 4.69) is 31.3 Å². The lowest BCUT2D eigenvalue weighted by Gasteiger charge is -2.50. The molecule has 0 aromatic carbocycles. The second-order valence-corrected chi connectivity index (χ2v) is 11.2. The molecule has 1 aromatic heterocycles. The summed E-state index contributed by atoms with van der Waals surface area (Å²) in [5.74, 6) is -4.07. The fraction of sp³-hybridized carbons (Fsp3) is 0.632. The lowest BCUT2D eigenvalue weighted by Crippen LogP contribution is -2.71. The zero-order chi connectivity index (χ0) is 27.2. The van der Waals surface area contributed by atoms with Crippen LogP contribution in [-0.4, -0.2) is 94.5 Å². The van der Waals surface area contributed by atoms with Crippen molar-refractivity contribution in [3.63, 3.8) is 0 Å². The molecule has 0 bridgehead atoms. The summed E-state index contributed by atoms with van der Waals surface area (Å²) < 4.78 is 37.1. The van der Waals surface area contributed by atoms with Gasteiger partial charge in [0, 0.05) is 24.0 Å². The van der Waals surface area contributed by atoms with Crippen LogP contribution in [0, 0.1) is 0 Å². The molecule has 2 aliphatic rings. The van der Waals surface area contributed by atoms with Crippen LogP contribution in [0.5, 0.6) is 0 Å². The van der Waals surface area contributed by atoms with Gasteiger partial charge >= 0.3 is 11.5 Å². The first kappa shape index (κ1) is 29.1. The molecule has 4 N–H and O–H groups in total. The summed E-state index contributed by atoms with van der Waals surface area (Å²) in [6.45, 7) is 2.52. The first-order valence-corrected chi connectivity index (χ1v) is 14.0. The van der Waals surface area contributed by atoms with Crippen molar-refractivity contribution in [2.75, 3.05) is 18.1 Å². The van der Waals surface area contributed by atoms with Gasteiger partial charge in [-0.15, -0.1) is 22.0 Å². The zero-order valence-corrected chi connectivity index (χ0v) is 21.9. The number of carbonyl (C=O) groups is 4. The molecule has 3 atom stereocenters. The Kier molecular flexibility index (Phi) is 10.1. The Morgan fingerprint density at radius 1 is 1.32 bits per heavy atom. The summed E-state index contributed by atoms with van der Waals surface area (Å²) in [7, 11) is 0. The van der Waals surface area contributed by atoms with Gasteiger partial charge < -0.3 is 15.7 Å². The smallest absolute Gasteiger partial charge is 0.442 e. The van der Waals surface area contributed by atoms with Gasteiger partial charge in [-0.3, -0.25) is 19.3 Å². The molecule has 2 unspecified atom stereocenters. The molecular weight excluding hydrogens is 559 g/mol. The molecule has 12 nitrogen and oxygen atoms in total. The molecule has 0 saturated carbocycles. The number of fused-ring (bicyclic) bond motifs is 1. The van der Waals surface area contributed by atoms with Crippen LogP contribution >= 0.6 is 35.3 Å². The number of hydrogen-bond donors (Lipinski definition) is 4. The number of tetrazole rings is 1. The molecule has 0 radical (unpaired) electrons. The summed E-state index contributed by atoms with van der Waals surface area (Å²) in [4.78, 5) is 50.3. The summed E-state index contributed by atoms with van der Waals surface area (Å²) in [6.07, 6.45) is 2.05. The number of H-pyrrole nitrogens is 1. The number of aromatic nitrogens is 4. The predicted octanol–water partition coefficient (Wildman–Crippen LogP) is 1.35. The number of hydrogen-bond acceptors (Lipinski definition) is 10. The van der Waals surface area contributed by atoms with Crippen LogP contribution in [0.4, 0.5) is 13.2 Å². The quantitative estimate of drug-likeness (QED) is 0.150. The highest BCUT2D eigenvalue weighted by molar-refractivity contribution is 8.01. The molecule has 3 amide bonds. The minimum absolute atomic E-state index is 0.0905. The van der Waals surface area contributed by atoms with Crippen molar-refractivity contribution >= 4 is 59.0 Å². The highest BCUT2D eigenvalue weighted by Gasteiger charge is 2.55. The molecule has 3 rings (SSSR count). The number of nitrogens with zero attached hydrogens (tertiary/aromatic N) is 4. The molecule has 1 aromatic rings.